The molecule has 0 radical (unpaired) electrons. The lowest BCUT2D eigenvalue weighted by molar-refractivity contribution is -0.0513. The van der Waals surface area contributed by atoms with E-state index in [1.165, 1.54) is 17.2 Å². The Kier molecular flexibility index (Phi) is 4.04. The molecule has 2 aromatic heterocycles. The van der Waals surface area contributed by atoms with Gasteiger partial charge >= 0.3 is 0 Å². The van der Waals surface area contributed by atoms with Crippen LogP contribution in [-0.4, -0.2) is 80.8 Å². The lowest BCUT2D eigenvalue weighted by Crippen LogP contribution is -2.44. The number of hydrogen-bond donors (Lipinski definition) is 2. The van der Waals surface area contributed by atoms with Crippen molar-refractivity contribution in [2.45, 2.75) is 24.6 Å². The van der Waals surface area contributed by atoms with E-state index in [-0.39, 0.29) is 5.82 Å². The Morgan fingerprint density at radius 3 is 2.88 bits per heavy atom. The first-order valence-corrected chi connectivity index (χ1v) is 7.86. The van der Waals surface area contributed by atoms with Crippen LogP contribution in [0.25, 0.3) is 11.2 Å². The maximum absolute atomic E-state index is 14.6. The summed E-state index contributed by atoms with van der Waals surface area (Å²) in [6.45, 7) is 3.20. The van der Waals surface area contributed by atoms with Crippen LogP contribution in [0.4, 0.5) is 10.2 Å². The van der Waals surface area contributed by atoms with Gasteiger partial charge in [0.1, 0.15) is 24.1 Å². The maximum atomic E-state index is 14.6. The lowest BCUT2D eigenvalue weighted by atomic mass is 10.1. The molecule has 0 saturated carbocycles. The van der Waals surface area contributed by atoms with Gasteiger partial charge in [-0.15, -0.1) is 0 Å². The number of ether oxygens (including phenoxy) is 2. The molecule has 9 nitrogen and oxygen atoms in total. The van der Waals surface area contributed by atoms with Crippen molar-refractivity contribution in [3.05, 3.63) is 12.7 Å². The van der Waals surface area contributed by atoms with E-state index in [0.29, 0.717) is 30.9 Å². The molecular formula is C14H19FN6O3. The summed E-state index contributed by atoms with van der Waals surface area (Å²) < 4.78 is 27.2. The van der Waals surface area contributed by atoms with Gasteiger partial charge < -0.3 is 20.3 Å². The molecule has 0 aliphatic carbocycles. The Balaban J connectivity index is 1.56. The third-order valence-electron chi connectivity index (χ3n) is 4.50. The van der Waals surface area contributed by atoms with Crippen LogP contribution < -0.4 is 5.73 Å². The summed E-state index contributed by atoms with van der Waals surface area (Å²) in [4.78, 5) is 14.2. The number of aliphatic hydroxyl groups is 1. The van der Waals surface area contributed by atoms with E-state index in [4.69, 9.17) is 15.2 Å². The van der Waals surface area contributed by atoms with Crippen LogP contribution in [0.1, 0.15) is 6.23 Å². The second kappa shape index (κ2) is 6.20. The van der Waals surface area contributed by atoms with Crippen molar-refractivity contribution >= 4 is 17.0 Å². The van der Waals surface area contributed by atoms with Crippen LogP contribution in [-0.2, 0) is 9.47 Å². The largest absolute Gasteiger partial charge is 0.387 e. The van der Waals surface area contributed by atoms with E-state index in [1.807, 2.05) is 0 Å². The number of rotatable bonds is 3. The first-order chi connectivity index (χ1) is 11.6. The van der Waals surface area contributed by atoms with Crippen LogP contribution in [0.2, 0.25) is 0 Å². The van der Waals surface area contributed by atoms with Crippen molar-refractivity contribution in [2.75, 3.05) is 38.6 Å². The molecule has 0 amide bonds. The van der Waals surface area contributed by atoms with Gasteiger partial charge in [-0.2, -0.15) is 0 Å². The molecule has 24 heavy (non-hydrogen) atoms. The fraction of sp³-hybridized carbons (Fsp3) is 0.643. The summed E-state index contributed by atoms with van der Waals surface area (Å²) in [5, 5.41) is 10.2. The van der Waals surface area contributed by atoms with Crippen LogP contribution >= 0.6 is 0 Å². The molecule has 10 heteroatoms. The highest BCUT2D eigenvalue weighted by Gasteiger charge is 2.46. The first kappa shape index (κ1) is 15.6. The van der Waals surface area contributed by atoms with Crippen molar-refractivity contribution in [1.82, 2.24) is 24.4 Å². The molecule has 3 N–H and O–H groups in total. The number of alkyl halides is 1. The monoisotopic (exact) mass is 338 g/mol. The number of aliphatic hydroxyl groups excluding tert-OH is 1. The van der Waals surface area contributed by atoms with Gasteiger partial charge in [0.15, 0.2) is 23.9 Å². The molecule has 2 aliphatic rings. The summed E-state index contributed by atoms with van der Waals surface area (Å²) in [6.07, 6.45) is -1.71. The first-order valence-electron chi connectivity index (χ1n) is 7.86. The summed E-state index contributed by atoms with van der Waals surface area (Å²) in [6, 6.07) is 0. The minimum absolute atomic E-state index is 0.220. The average molecular weight is 338 g/mol. The van der Waals surface area contributed by atoms with Gasteiger partial charge in [0.25, 0.3) is 0 Å². The Morgan fingerprint density at radius 1 is 1.29 bits per heavy atom. The number of hydrogen-bond acceptors (Lipinski definition) is 8. The second-order valence-electron chi connectivity index (χ2n) is 6.00. The summed E-state index contributed by atoms with van der Waals surface area (Å²) in [5.41, 5.74) is 6.52. The fourth-order valence-corrected chi connectivity index (χ4v) is 3.17. The lowest BCUT2D eigenvalue weighted by Gasteiger charge is -2.29. The quantitative estimate of drug-likeness (QED) is 0.758. The maximum Gasteiger partial charge on any atom is 0.173 e. The van der Waals surface area contributed by atoms with Crippen molar-refractivity contribution < 1.29 is 19.0 Å². The summed E-state index contributed by atoms with van der Waals surface area (Å²) in [7, 11) is 0. The number of imidazole rings is 1. The molecule has 4 atom stereocenters. The number of morpholine rings is 1. The molecule has 2 aliphatic heterocycles. The number of nitrogens with two attached hydrogens (primary N) is 1. The molecule has 0 bridgehead atoms. The molecule has 4 heterocycles. The third kappa shape index (κ3) is 2.61. The zero-order valence-electron chi connectivity index (χ0n) is 13.0. The number of nitrogen functional groups attached to an aromatic ring is 1. The molecular weight excluding hydrogens is 319 g/mol. The van der Waals surface area contributed by atoms with Gasteiger partial charge in [0.2, 0.25) is 0 Å². The third-order valence-corrected chi connectivity index (χ3v) is 4.50. The Labute approximate surface area is 137 Å². The average Bonchev–Trinajstić information content (AvgIpc) is 3.13. The highest BCUT2D eigenvalue weighted by Crippen LogP contribution is 2.34. The van der Waals surface area contributed by atoms with Crippen LogP contribution in [0, 0.1) is 0 Å². The number of aromatic nitrogens is 4. The van der Waals surface area contributed by atoms with Crippen molar-refractivity contribution in [3.8, 4) is 0 Å². The fourth-order valence-electron chi connectivity index (χ4n) is 3.17. The van der Waals surface area contributed by atoms with Crippen LogP contribution in [0.15, 0.2) is 12.7 Å². The highest BCUT2D eigenvalue weighted by atomic mass is 19.1. The summed E-state index contributed by atoms with van der Waals surface area (Å²) in [5.74, 6) is 0.220. The van der Waals surface area contributed by atoms with Gasteiger partial charge in [-0.05, 0) is 0 Å². The molecule has 4 rings (SSSR count). The number of anilines is 1. The normalized spacial score (nSPS) is 31.8. The molecule has 0 spiro atoms. The van der Waals surface area contributed by atoms with Gasteiger partial charge in [-0.1, -0.05) is 0 Å². The molecule has 0 aromatic carbocycles. The summed E-state index contributed by atoms with van der Waals surface area (Å²) >= 11 is 0. The number of fused-ring (bicyclic) bond motifs is 1. The predicted molar refractivity (Wildman–Crippen MR) is 81.8 cm³/mol. The van der Waals surface area contributed by atoms with Gasteiger partial charge in [0.05, 0.1) is 19.5 Å². The highest BCUT2D eigenvalue weighted by molar-refractivity contribution is 5.81. The SMILES string of the molecule is Nc1ncnc2c1ncn2[C@@H]1O[C@H](CN2CCOCC2)[C@@H](O)[C@H]1F. The molecule has 2 fully saturated rings. The zero-order chi connectivity index (χ0) is 16.7. The molecule has 0 unspecified atom stereocenters. The van der Waals surface area contributed by atoms with E-state index >= 15 is 0 Å². The molecule has 2 saturated heterocycles. The standard InChI is InChI=1S/C14H19FN6O3/c15-9-11(22)8(5-20-1-3-23-4-2-20)24-14(9)21-7-19-10-12(16)17-6-18-13(10)21/h6-9,11,14,22H,1-5H2,(H2,16,17,18)/t8-,9-,11-,14-/m1/s1. The van der Waals surface area contributed by atoms with Gasteiger partial charge in [-0.25, -0.2) is 19.3 Å². The van der Waals surface area contributed by atoms with E-state index < -0.39 is 24.6 Å². The topological polar surface area (TPSA) is 112 Å². The number of halogens is 1. The van der Waals surface area contributed by atoms with Gasteiger partial charge in [0, 0.05) is 19.6 Å². The predicted octanol–water partition coefficient (Wildman–Crippen LogP) is -0.663. The molecule has 2 aromatic rings. The Bertz CT molecular complexity index is 722. The van der Waals surface area contributed by atoms with Crippen LogP contribution in [0.3, 0.4) is 0 Å². The molecule has 130 valence electrons. The van der Waals surface area contributed by atoms with Gasteiger partial charge in [-0.3, -0.25) is 9.47 Å². The smallest absolute Gasteiger partial charge is 0.173 e. The van der Waals surface area contributed by atoms with Crippen molar-refractivity contribution in [3.63, 3.8) is 0 Å². The minimum Gasteiger partial charge on any atom is -0.387 e. The van der Waals surface area contributed by atoms with E-state index in [0.717, 1.165) is 13.1 Å². The van der Waals surface area contributed by atoms with Crippen LogP contribution in [0.5, 0.6) is 0 Å². The second-order valence-corrected chi connectivity index (χ2v) is 6.00. The van der Waals surface area contributed by atoms with E-state index in [1.54, 1.807) is 0 Å². The van der Waals surface area contributed by atoms with E-state index in [2.05, 4.69) is 19.9 Å². The van der Waals surface area contributed by atoms with Crippen molar-refractivity contribution in [2.24, 2.45) is 0 Å². The minimum atomic E-state index is -1.58. The zero-order valence-corrected chi connectivity index (χ0v) is 13.0. The van der Waals surface area contributed by atoms with E-state index in [9.17, 15) is 9.50 Å². The Hall–Kier alpha value is -1.88. The van der Waals surface area contributed by atoms with Crippen molar-refractivity contribution in [1.29, 1.82) is 0 Å². The number of nitrogens with zero attached hydrogens (tertiary/aromatic N) is 5. The Morgan fingerprint density at radius 2 is 2.08 bits per heavy atom.